The van der Waals surface area contributed by atoms with Crippen molar-refractivity contribution in [1.82, 2.24) is 4.57 Å². The molecule has 0 unspecified atom stereocenters. The van der Waals surface area contributed by atoms with Crippen molar-refractivity contribution in [2.24, 2.45) is 0 Å². The Balaban J connectivity index is 1.20. The Labute approximate surface area is 368 Å². The zero-order chi connectivity index (χ0) is 41.3. The van der Waals surface area contributed by atoms with Gasteiger partial charge in [-0.1, -0.05) is 161 Å². The van der Waals surface area contributed by atoms with Crippen molar-refractivity contribution in [1.29, 1.82) is 0 Å². The first-order valence-electron chi connectivity index (χ1n) is 21.8. The maximum atomic E-state index is 6.53. The molecule has 14 rings (SSSR count). The summed E-state index contributed by atoms with van der Waals surface area (Å²) in [7, 11) is 0. The highest BCUT2D eigenvalue weighted by molar-refractivity contribution is 7.15. The zero-order valence-corrected chi connectivity index (χ0v) is 36.5. The monoisotopic (exact) mass is 831 g/mol. The van der Waals surface area contributed by atoms with E-state index >= 15 is 0 Å². The van der Waals surface area contributed by atoms with Crippen LogP contribution in [0.5, 0.6) is 0 Å². The topological polar surface area (TPSA) is 18.1 Å². The molecule has 0 bridgehead atoms. The van der Waals surface area contributed by atoms with E-state index < -0.39 is 10.8 Å². The summed E-state index contributed by atoms with van der Waals surface area (Å²) in [4.78, 5) is 2.82. The van der Waals surface area contributed by atoms with Crippen LogP contribution in [0.3, 0.4) is 0 Å². The first kappa shape index (κ1) is 35.2. The molecule has 0 N–H and O–H groups in total. The maximum Gasteiger partial charge on any atom is 0.136 e. The van der Waals surface area contributed by atoms with Gasteiger partial charge in [0, 0.05) is 42.1 Å². The third-order valence-electron chi connectivity index (χ3n) is 15.3. The molecule has 0 aliphatic heterocycles. The van der Waals surface area contributed by atoms with E-state index in [1.807, 2.05) is 22.7 Å². The molecule has 7 aromatic carbocycles. The molecule has 3 aliphatic carbocycles. The SMILES string of the molecule is CC1(C)c2ccccc2C2(c3ccccc31)c1cc(-n3c4ccccc4c4c5c(ccc43)oc3ccccc35)sc1C1(c3ccccc3C(C)(C)c3ccccc31)c1ccsc12. The number of furan rings is 1. The van der Waals surface area contributed by atoms with E-state index in [1.165, 1.54) is 97.6 Å². The van der Waals surface area contributed by atoms with Crippen LogP contribution < -0.4 is 0 Å². The number of hydrogen-bond acceptors (Lipinski definition) is 3. The highest BCUT2D eigenvalue weighted by Crippen LogP contribution is 2.69. The van der Waals surface area contributed by atoms with Gasteiger partial charge < -0.3 is 8.98 Å². The van der Waals surface area contributed by atoms with Gasteiger partial charge in [-0.3, -0.25) is 0 Å². The van der Waals surface area contributed by atoms with E-state index in [4.69, 9.17) is 4.42 Å². The van der Waals surface area contributed by atoms with E-state index in [0.29, 0.717) is 0 Å². The molecule has 2 spiro atoms. The third kappa shape index (κ3) is 3.91. The highest BCUT2D eigenvalue weighted by Gasteiger charge is 2.62. The summed E-state index contributed by atoms with van der Waals surface area (Å²) < 4.78 is 9.10. The van der Waals surface area contributed by atoms with Gasteiger partial charge in [-0.05, 0) is 97.4 Å². The largest absolute Gasteiger partial charge is 0.456 e. The minimum absolute atomic E-state index is 0.191. The summed E-state index contributed by atoms with van der Waals surface area (Å²) >= 11 is 3.94. The number of para-hydroxylation sites is 2. The van der Waals surface area contributed by atoms with Gasteiger partial charge >= 0.3 is 0 Å². The second-order valence-electron chi connectivity index (χ2n) is 18.7. The van der Waals surface area contributed by atoms with Gasteiger partial charge in [-0.15, -0.1) is 22.7 Å². The first-order valence-corrected chi connectivity index (χ1v) is 23.4. The molecule has 2 nitrogen and oxygen atoms in total. The van der Waals surface area contributed by atoms with Crippen molar-refractivity contribution in [3.05, 3.63) is 241 Å². The van der Waals surface area contributed by atoms with Crippen LogP contribution in [0.15, 0.2) is 180 Å². The zero-order valence-electron chi connectivity index (χ0n) is 34.9. The van der Waals surface area contributed by atoms with Crippen molar-refractivity contribution in [3.8, 4) is 5.00 Å². The molecule has 11 aromatic rings. The fraction of sp³-hybridized carbons (Fsp3) is 0.138. The molecule has 0 atom stereocenters. The average Bonchev–Trinajstić information content (AvgIpc) is 4.12. The fourth-order valence-corrected chi connectivity index (χ4v) is 15.4. The number of rotatable bonds is 1. The standard InChI is InChI=1S/C58H41NOS2/c1-55(2)36-19-7-11-23-40(36)57(41-24-12-8-20-37(41)55)44-31-32-61-53(44)58(42-25-13-9-21-38(42)56(3,4)39-22-10-14-26-43(39)58)45-33-50(62-54(45)57)59-46-27-15-5-17-34(46)51-47(59)29-30-49-52(51)35-18-6-16-28-48(35)60-49/h5-33H,1-4H3. The lowest BCUT2D eigenvalue weighted by atomic mass is 9.48. The molecular weight excluding hydrogens is 791 g/mol. The number of aromatic nitrogens is 1. The van der Waals surface area contributed by atoms with Crippen molar-refractivity contribution in [2.75, 3.05) is 0 Å². The number of thiophene rings is 2. The normalized spacial score (nSPS) is 16.9. The summed E-state index contributed by atoms with van der Waals surface area (Å²) in [6.45, 7) is 9.69. The van der Waals surface area contributed by atoms with Crippen LogP contribution in [0.25, 0.3) is 48.7 Å². The predicted octanol–water partition coefficient (Wildman–Crippen LogP) is 15.2. The third-order valence-corrected chi connectivity index (χ3v) is 17.6. The van der Waals surface area contributed by atoms with Crippen LogP contribution in [0.2, 0.25) is 0 Å². The lowest BCUT2D eigenvalue weighted by Crippen LogP contribution is -2.50. The molecule has 0 saturated heterocycles. The van der Waals surface area contributed by atoms with Crippen LogP contribution in [0.4, 0.5) is 0 Å². The van der Waals surface area contributed by atoms with E-state index in [2.05, 4.69) is 208 Å². The van der Waals surface area contributed by atoms with Gasteiger partial charge in [0.15, 0.2) is 0 Å². The van der Waals surface area contributed by atoms with Crippen LogP contribution >= 0.6 is 22.7 Å². The lowest BCUT2D eigenvalue weighted by Gasteiger charge is -2.55. The Morgan fingerprint density at radius 3 is 1.50 bits per heavy atom. The van der Waals surface area contributed by atoms with E-state index in [9.17, 15) is 0 Å². The number of benzene rings is 7. The van der Waals surface area contributed by atoms with Crippen LogP contribution in [0, 0.1) is 0 Å². The number of fused-ring (bicyclic) bond motifs is 21. The van der Waals surface area contributed by atoms with E-state index in [1.54, 1.807) is 0 Å². The molecule has 296 valence electrons. The minimum atomic E-state index is -0.550. The number of nitrogens with zero attached hydrogens (tertiary/aromatic N) is 1. The van der Waals surface area contributed by atoms with Crippen molar-refractivity contribution < 1.29 is 4.42 Å². The Bertz CT molecular complexity index is 3480. The molecule has 3 aliphatic rings. The summed E-state index contributed by atoms with van der Waals surface area (Å²) in [5.74, 6) is 0. The molecule has 0 fully saturated rings. The van der Waals surface area contributed by atoms with Gasteiger partial charge in [0.1, 0.15) is 16.2 Å². The molecule has 0 radical (unpaired) electrons. The summed E-state index contributed by atoms with van der Waals surface area (Å²) in [6, 6.07) is 64.5. The molecule has 4 heteroatoms. The quantitative estimate of drug-likeness (QED) is 0.161. The number of hydrogen-bond donors (Lipinski definition) is 0. The molecular formula is C58H41NOS2. The van der Waals surface area contributed by atoms with Crippen LogP contribution in [0.1, 0.15) is 93.1 Å². The summed E-state index contributed by atoms with van der Waals surface area (Å²) in [6.07, 6.45) is 0. The molecule has 0 amide bonds. The highest BCUT2D eigenvalue weighted by atomic mass is 32.1. The van der Waals surface area contributed by atoms with Crippen molar-refractivity contribution in [2.45, 2.75) is 49.4 Å². The predicted molar refractivity (Wildman–Crippen MR) is 258 cm³/mol. The van der Waals surface area contributed by atoms with Crippen molar-refractivity contribution >= 4 is 66.4 Å². The molecule has 4 heterocycles. The second-order valence-corrected chi connectivity index (χ2v) is 20.7. The Kier molecular flexibility index (Phi) is 6.64. The lowest BCUT2D eigenvalue weighted by molar-refractivity contribution is 0.522. The average molecular weight is 832 g/mol. The second kappa shape index (κ2) is 11.7. The Morgan fingerprint density at radius 1 is 0.403 bits per heavy atom. The molecule has 4 aromatic heterocycles. The first-order chi connectivity index (χ1) is 30.3. The summed E-state index contributed by atoms with van der Waals surface area (Å²) in [5.41, 5.74) is 16.7. The Morgan fingerprint density at radius 2 is 0.903 bits per heavy atom. The molecule has 0 saturated carbocycles. The summed E-state index contributed by atoms with van der Waals surface area (Å²) in [5, 5.41) is 8.42. The van der Waals surface area contributed by atoms with Gasteiger partial charge in [-0.25, -0.2) is 0 Å². The van der Waals surface area contributed by atoms with Gasteiger partial charge in [0.25, 0.3) is 0 Å². The Hall–Kier alpha value is -6.46. The minimum Gasteiger partial charge on any atom is -0.456 e. The van der Waals surface area contributed by atoms with Gasteiger partial charge in [-0.2, -0.15) is 0 Å². The molecule has 62 heavy (non-hydrogen) atoms. The van der Waals surface area contributed by atoms with Crippen LogP contribution in [-0.2, 0) is 21.7 Å². The van der Waals surface area contributed by atoms with E-state index in [0.717, 1.165) is 16.6 Å². The van der Waals surface area contributed by atoms with Crippen molar-refractivity contribution in [3.63, 3.8) is 0 Å². The van der Waals surface area contributed by atoms with Gasteiger partial charge in [0.2, 0.25) is 0 Å². The van der Waals surface area contributed by atoms with Gasteiger partial charge in [0.05, 0.1) is 21.9 Å². The maximum absolute atomic E-state index is 6.53. The smallest absolute Gasteiger partial charge is 0.136 e. The fourth-order valence-electron chi connectivity index (χ4n) is 12.8. The van der Waals surface area contributed by atoms with Crippen LogP contribution in [-0.4, -0.2) is 4.57 Å². The van der Waals surface area contributed by atoms with E-state index in [-0.39, 0.29) is 10.8 Å².